The molecule has 0 aromatic heterocycles. The van der Waals surface area contributed by atoms with Crippen molar-refractivity contribution in [2.24, 2.45) is 0 Å². The number of hydrogen-bond acceptors (Lipinski definition) is 3. The van der Waals surface area contributed by atoms with Crippen LogP contribution in [-0.4, -0.2) is 10.7 Å². The first-order valence-electron chi connectivity index (χ1n) is 10.9. The molecule has 27 heavy (non-hydrogen) atoms. The molecule has 0 unspecified atom stereocenters. The quantitative estimate of drug-likeness (QED) is 0.453. The Morgan fingerprint density at radius 2 is 1.22 bits per heavy atom. The van der Waals surface area contributed by atoms with Gasteiger partial charge in [0.1, 0.15) is 0 Å². The molecular weight excluding hydrogens is 332 g/mol. The molecule has 150 valence electrons. The Labute approximate surface area is 166 Å². The van der Waals surface area contributed by atoms with E-state index in [2.05, 4.69) is 63.1 Å². The van der Waals surface area contributed by atoms with Crippen LogP contribution < -0.4 is 0 Å². The highest BCUT2D eigenvalue weighted by molar-refractivity contribution is 5.44. The van der Waals surface area contributed by atoms with Gasteiger partial charge >= 0.3 is 0 Å². The van der Waals surface area contributed by atoms with E-state index in [4.69, 9.17) is 4.84 Å². The predicted octanol–water partition coefficient (Wildman–Crippen LogP) is 6.83. The largest absolute Gasteiger partial charge is 0.276 e. The molecule has 1 heterocycles. The first-order chi connectivity index (χ1) is 12.9. The Morgan fingerprint density at radius 1 is 0.852 bits per heavy atom. The van der Waals surface area contributed by atoms with Gasteiger partial charge in [-0.1, -0.05) is 77.6 Å². The Balaban J connectivity index is 2.78. The summed E-state index contributed by atoms with van der Waals surface area (Å²) in [5, 5.41) is 12.0. The lowest BCUT2D eigenvalue weighted by atomic mass is 9.80. The van der Waals surface area contributed by atoms with Crippen LogP contribution >= 0.6 is 0 Å². The third-order valence-electron chi connectivity index (χ3n) is 5.95. The maximum atomic E-state index is 9.73. The maximum absolute atomic E-state index is 9.73. The second-order valence-corrected chi connectivity index (χ2v) is 8.62. The molecule has 0 aliphatic carbocycles. The fourth-order valence-electron chi connectivity index (χ4n) is 5.20. The number of rotatable bonds is 10. The van der Waals surface area contributed by atoms with Gasteiger partial charge in [0.05, 0.1) is 17.1 Å². The van der Waals surface area contributed by atoms with Crippen LogP contribution in [0.25, 0.3) is 0 Å². The van der Waals surface area contributed by atoms with Gasteiger partial charge in [0, 0.05) is 0 Å². The number of fused-ring (bicyclic) bond motifs is 1. The molecule has 3 nitrogen and oxygen atoms in total. The number of benzene rings is 1. The minimum atomic E-state index is -0.846. The summed E-state index contributed by atoms with van der Waals surface area (Å²) in [5.41, 5.74) is 1.69. The standard InChI is InChI=1S/C24H38N2O/c1-7-15-23(16-8-2)20-13-11-12-14-21(20)24(17-9-3,18-10-4)26(23)27-22(5,6)19-25/h11-14H,7-10,15-18H2,1-6H3. The lowest BCUT2D eigenvalue weighted by Crippen LogP contribution is -2.54. The molecule has 0 radical (unpaired) electrons. The SMILES string of the molecule is CCCC1(CCC)c2ccccc2C(CCC)(CCC)N1OC(C)(C)C#N. The summed E-state index contributed by atoms with van der Waals surface area (Å²) >= 11 is 0. The summed E-state index contributed by atoms with van der Waals surface area (Å²) in [7, 11) is 0. The fraction of sp³-hybridized carbons (Fsp3) is 0.708. The molecule has 2 rings (SSSR count). The zero-order valence-corrected chi connectivity index (χ0v) is 18.3. The molecule has 0 bridgehead atoms. The van der Waals surface area contributed by atoms with Crippen molar-refractivity contribution in [2.75, 3.05) is 0 Å². The zero-order valence-electron chi connectivity index (χ0n) is 18.3. The van der Waals surface area contributed by atoms with Crippen molar-refractivity contribution in [1.82, 2.24) is 5.06 Å². The van der Waals surface area contributed by atoms with Gasteiger partial charge < -0.3 is 0 Å². The van der Waals surface area contributed by atoms with Crippen LogP contribution in [0.4, 0.5) is 0 Å². The highest BCUT2D eigenvalue weighted by atomic mass is 16.7. The molecule has 0 saturated heterocycles. The average molecular weight is 371 g/mol. The van der Waals surface area contributed by atoms with Gasteiger partial charge in [0.2, 0.25) is 0 Å². The third-order valence-corrected chi connectivity index (χ3v) is 5.95. The number of hydrogen-bond donors (Lipinski definition) is 0. The van der Waals surface area contributed by atoms with Gasteiger partial charge in [0.25, 0.3) is 0 Å². The smallest absolute Gasteiger partial charge is 0.170 e. The molecule has 0 amide bonds. The highest BCUT2D eigenvalue weighted by Gasteiger charge is 2.58. The van der Waals surface area contributed by atoms with Crippen LogP contribution in [0.5, 0.6) is 0 Å². The van der Waals surface area contributed by atoms with Crippen molar-refractivity contribution in [2.45, 2.75) is 110 Å². The van der Waals surface area contributed by atoms with Crippen LogP contribution in [-0.2, 0) is 15.9 Å². The molecule has 3 heteroatoms. The van der Waals surface area contributed by atoms with Crippen molar-refractivity contribution in [3.63, 3.8) is 0 Å². The minimum Gasteiger partial charge on any atom is -0.276 e. The third kappa shape index (κ3) is 3.80. The van der Waals surface area contributed by atoms with Gasteiger partial charge in [-0.3, -0.25) is 4.84 Å². The Morgan fingerprint density at radius 3 is 1.52 bits per heavy atom. The van der Waals surface area contributed by atoms with E-state index >= 15 is 0 Å². The van der Waals surface area contributed by atoms with Crippen LogP contribution in [0.3, 0.4) is 0 Å². The van der Waals surface area contributed by atoms with Crippen LogP contribution in [0.1, 0.15) is 104 Å². The van der Waals surface area contributed by atoms with E-state index < -0.39 is 5.60 Å². The molecule has 0 saturated carbocycles. The summed E-state index contributed by atoms with van der Waals surface area (Å²) in [5.74, 6) is 0. The van der Waals surface area contributed by atoms with Crippen LogP contribution in [0.2, 0.25) is 0 Å². The van der Waals surface area contributed by atoms with Gasteiger partial charge in [-0.2, -0.15) is 10.3 Å². The molecule has 1 aliphatic rings. The number of hydroxylamine groups is 2. The van der Waals surface area contributed by atoms with Crippen LogP contribution in [0, 0.1) is 11.3 Å². The normalized spacial score (nSPS) is 18.3. The van der Waals surface area contributed by atoms with Crippen molar-refractivity contribution in [1.29, 1.82) is 5.26 Å². The van der Waals surface area contributed by atoms with E-state index in [1.165, 1.54) is 11.1 Å². The average Bonchev–Trinajstić information content (AvgIpc) is 2.84. The first-order valence-corrected chi connectivity index (χ1v) is 10.9. The van der Waals surface area contributed by atoms with E-state index in [1.807, 2.05) is 13.8 Å². The first kappa shape index (κ1) is 21.9. The summed E-state index contributed by atoms with van der Waals surface area (Å²) in [6.45, 7) is 12.8. The molecule has 1 aromatic carbocycles. The number of nitriles is 1. The lowest BCUT2D eigenvalue weighted by molar-refractivity contribution is -0.320. The maximum Gasteiger partial charge on any atom is 0.170 e. The fourth-order valence-corrected chi connectivity index (χ4v) is 5.20. The Bertz CT molecular complexity index is 604. The van der Waals surface area contributed by atoms with Gasteiger partial charge in [-0.15, -0.1) is 0 Å². The second-order valence-electron chi connectivity index (χ2n) is 8.62. The lowest BCUT2D eigenvalue weighted by Gasteiger charge is -2.49. The van der Waals surface area contributed by atoms with E-state index in [1.54, 1.807) is 0 Å². The van der Waals surface area contributed by atoms with E-state index in [0.717, 1.165) is 51.4 Å². The van der Waals surface area contributed by atoms with E-state index in [0.29, 0.717) is 0 Å². The Hall–Kier alpha value is -1.37. The molecule has 0 spiro atoms. The molecule has 0 fully saturated rings. The van der Waals surface area contributed by atoms with Gasteiger partial charge in [-0.25, -0.2) is 0 Å². The molecular formula is C24H38N2O. The van der Waals surface area contributed by atoms with E-state index in [-0.39, 0.29) is 11.1 Å². The topological polar surface area (TPSA) is 36.3 Å². The molecule has 0 N–H and O–H groups in total. The summed E-state index contributed by atoms with van der Waals surface area (Å²) in [4.78, 5) is 6.64. The molecule has 0 atom stereocenters. The van der Waals surface area contributed by atoms with E-state index in [9.17, 15) is 5.26 Å². The zero-order chi connectivity index (χ0) is 20.1. The highest BCUT2D eigenvalue weighted by Crippen LogP contribution is 2.58. The molecule has 1 aromatic rings. The van der Waals surface area contributed by atoms with Gasteiger partial charge in [-0.05, 0) is 50.7 Å². The number of nitrogens with zero attached hydrogens (tertiary/aromatic N) is 2. The molecule has 1 aliphatic heterocycles. The minimum absolute atomic E-state index is 0.154. The van der Waals surface area contributed by atoms with Gasteiger partial charge in [0.15, 0.2) is 5.60 Å². The van der Waals surface area contributed by atoms with Crippen molar-refractivity contribution < 1.29 is 4.84 Å². The van der Waals surface area contributed by atoms with Crippen molar-refractivity contribution >= 4 is 0 Å². The second kappa shape index (κ2) is 8.76. The predicted molar refractivity (Wildman–Crippen MR) is 112 cm³/mol. The monoisotopic (exact) mass is 370 g/mol. The summed E-state index contributed by atoms with van der Waals surface area (Å²) in [6.07, 6.45) is 8.57. The summed E-state index contributed by atoms with van der Waals surface area (Å²) < 4.78 is 0. The van der Waals surface area contributed by atoms with Crippen LogP contribution in [0.15, 0.2) is 24.3 Å². The Kier molecular flexibility index (Phi) is 7.11. The summed E-state index contributed by atoms with van der Waals surface area (Å²) in [6, 6.07) is 11.3. The van der Waals surface area contributed by atoms with Crippen molar-refractivity contribution in [3.05, 3.63) is 35.4 Å². The van der Waals surface area contributed by atoms with Crippen molar-refractivity contribution in [3.8, 4) is 6.07 Å².